The quantitative estimate of drug-likeness (QED) is 0.905. The summed E-state index contributed by atoms with van der Waals surface area (Å²) >= 11 is 0. The molecule has 3 heteroatoms. The number of pyridine rings is 1. The van der Waals surface area contributed by atoms with Crippen LogP contribution in [0.5, 0.6) is 0 Å². The second kappa shape index (κ2) is 6.02. The van der Waals surface area contributed by atoms with Crippen LogP contribution in [0.15, 0.2) is 24.4 Å². The highest BCUT2D eigenvalue weighted by atomic mass is 16.3. The summed E-state index contributed by atoms with van der Waals surface area (Å²) in [7, 11) is 4.19. The largest absolute Gasteiger partial charge is 0.391 e. The molecule has 0 aliphatic heterocycles. The first-order chi connectivity index (χ1) is 9.04. The van der Waals surface area contributed by atoms with Crippen molar-refractivity contribution in [2.24, 2.45) is 5.92 Å². The molecule has 1 aromatic heterocycles. The van der Waals surface area contributed by atoms with Crippen molar-refractivity contribution in [3.63, 3.8) is 0 Å². The Bertz CT molecular complexity index is 393. The fourth-order valence-electron chi connectivity index (χ4n) is 3.48. The molecule has 106 valence electrons. The zero-order chi connectivity index (χ0) is 13.9. The first kappa shape index (κ1) is 14.5. The Balaban J connectivity index is 2.14. The average Bonchev–Trinajstić information content (AvgIpc) is 2.39. The molecule has 0 saturated heterocycles. The molecule has 0 spiro atoms. The Morgan fingerprint density at radius 1 is 1.47 bits per heavy atom. The number of hydrogen-bond acceptors (Lipinski definition) is 3. The van der Waals surface area contributed by atoms with Gasteiger partial charge in [-0.1, -0.05) is 25.8 Å². The topological polar surface area (TPSA) is 36.4 Å². The van der Waals surface area contributed by atoms with Gasteiger partial charge in [-0.05, 0) is 45.0 Å². The van der Waals surface area contributed by atoms with Crippen LogP contribution in [0.4, 0.5) is 0 Å². The lowest BCUT2D eigenvalue weighted by Gasteiger charge is -2.48. The van der Waals surface area contributed by atoms with Gasteiger partial charge in [-0.25, -0.2) is 0 Å². The second-order valence-corrected chi connectivity index (χ2v) is 6.24. The molecule has 0 aromatic carbocycles. The van der Waals surface area contributed by atoms with E-state index in [-0.39, 0.29) is 11.6 Å². The van der Waals surface area contributed by atoms with Gasteiger partial charge in [0.05, 0.1) is 6.10 Å². The first-order valence-electron chi connectivity index (χ1n) is 7.30. The Morgan fingerprint density at radius 3 is 2.84 bits per heavy atom. The van der Waals surface area contributed by atoms with E-state index in [4.69, 9.17) is 0 Å². The molecule has 2 rings (SSSR count). The second-order valence-electron chi connectivity index (χ2n) is 6.24. The molecule has 1 fully saturated rings. The van der Waals surface area contributed by atoms with Crippen molar-refractivity contribution >= 4 is 0 Å². The predicted octanol–water partition coefficient (Wildman–Crippen LogP) is 2.50. The molecule has 0 bridgehead atoms. The van der Waals surface area contributed by atoms with Gasteiger partial charge in [-0.3, -0.25) is 4.98 Å². The predicted molar refractivity (Wildman–Crippen MR) is 78.0 cm³/mol. The lowest BCUT2D eigenvalue weighted by molar-refractivity contribution is -0.0428. The highest BCUT2D eigenvalue weighted by molar-refractivity contribution is 5.09. The maximum absolute atomic E-state index is 10.8. The third-order valence-corrected chi connectivity index (χ3v) is 4.65. The lowest BCUT2D eigenvalue weighted by atomic mass is 9.71. The van der Waals surface area contributed by atoms with Crippen LogP contribution in [0.3, 0.4) is 0 Å². The molecule has 1 aromatic rings. The number of aliphatic hydroxyl groups excluding tert-OH is 1. The van der Waals surface area contributed by atoms with Gasteiger partial charge in [0.15, 0.2) is 0 Å². The van der Waals surface area contributed by atoms with Crippen LogP contribution in [0.1, 0.15) is 38.3 Å². The lowest BCUT2D eigenvalue weighted by Crippen LogP contribution is -2.56. The number of aliphatic hydroxyl groups is 1. The molecule has 1 heterocycles. The summed E-state index contributed by atoms with van der Waals surface area (Å²) < 4.78 is 0. The van der Waals surface area contributed by atoms with E-state index in [1.807, 2.05) is 18.2 Å². The highest BCUT2D eigenvalue weighted by Crippen LogP contribution is 2.38. The molecule has 0 radical (unpaired) electrons. The monoisotopic (exact) mass is 262 g/mol. The van der Waals surface area contributed by atoms with Crippen molar-refractivity contribution in [3.05, 3.63) is 30.1 Å². The van der Waals surface area contributed by atoms with E-state index >= 15 is 0 Å². The SMILES string of the molecule is CC1CCCC(C(O)Cc2ccccn2)(N(C)C)C1. The van der Waals surface area contributed by atoms with Gasteiger partial charge in [0.2, 0.25) is 0 Å². The van der Waals surface area contributed by atoms with E-state index in [1.54, 1.807) is 6.20 Å². The molecule has 1 saturated carbocycles. The van der Waals surface area contributed by atoms with E-state index in [1.165, 1.54) is 12.8 Å². The smallest absolute Gasteiger partial charge is 0.0779 e. The molecule has 3 unspecified atom stereocenters. The minimum Gasteiger partial charge on any atom is -0.391 e. The van der Waals surface area contributed by atoms with Crippen molar-refractivity contribution in [2.45, 2.75) is 50.7 Å². The first-order valence-corrected chi connectivity index (χ1v) is 7.30. The summed E-state index contributed by atoms with van der Waals surface area (Å²) in [6.07, 6.45) is 6.75. The van der Waals surface area contributed by atoms with E-state index < -0.39 is 0 Å². The summed E-state index contributed by atoms with van der Waals surface area (Å²) in [5.74, 6) is 0.689. The van der Waals surface area contributed by atoms with Crippen LogP contribution >= 0.6 is 0 Å². The van der Waals surface area contributed by atoms with Crippen molar-refractivity contribution in [1.82, 2.24) is 9.88 Å². The molecule has 19 heavy (non-hydrogen) atoms. The molecule has 3 nitrogen and oxygen atoms in total. The molecule has 0 amide bonds. The minimum atomic E-state index is -0.347. The van der Waals surface area contributed by atoms with Gasteiger partial charge in [0.1, 0.15) is 0 Å². The zero-order valence-corrected chi connectivity index (χ0v) is 12.3. The van der Waals surface area contributed by atoms with Gasteiger partial charge in [-0.15, -0.1) is 0 Å². The highest BCUT2D eigenvalue weighted by Gasteiger charge is 2.42. The summed E-state index contributed by atoms with van der Waals surface area (Å²) in [5, 5.41) is 10.8. The van der Waals surface area contributed by atoms with Crippen molar-refractivity contribution in [2.75, 3.05) is 14.1 Å². The van der Waals surface area contributed by atoms with Crippen LogP contribution in [0.2, 0.25) is 0 Å². The molecule has 1 aliphatic rings. The van der Waals surface area contributed by atoms with Crippen LogP contribution < -0.4 is 0 Å². The van der Waals surface area contributed by atoms with Crippen LogP contribution in [0.25, 0.3) is 0 Å². The molecule has 3 atom stereocenters. The number of nitrogens with zero attached hydrogens (tertiary/aromatic N) is 2. The third kappa shape index (κ3) is 3.15. The maximum atomic E-state index is 10.8. The van der Waals surface area contributed by atoms with Crippen LogP contribution in [0, 0.1) is 5.92 Å². The van der Waals surface area contributed by atoms with Crippen molar-refractivity contribution in [1.29, 1.82) is 0 Å². The molecular formula is C16H26N2O. The van der Waals surface area contributed by atoms with Gasteiger partial charge in [-0.2, -0.15) is 0 Å². The number of likely N-dealkylation sites (N-methyl/N-ethyl adjacent to an activating group) is 1. The van der Waals surface area contributed by atoms with Gasteiger partial charge < -0.3 is 10.0 Å². The van der Waals surface area contributed by atoms with Gasteiger partial charge >= 0.3 is 0 Å². The van der Waals surface area contributed by atoms with Crippen LogP contribution in [-0.4, -0.2) is 40.7 Å². The Kier molecular flexibility index (Phi) is 4.58. The average molecular weight is 262 g/mol. The molecular weight excluding hydrogens is 236 g/mol. The summed E-state index contributed by atoms with van der Waals surface area (Å²) in [5.41, 5.74) is 0.893. The maximum Gasteiger partial charge on any atom is 0.0779 e. The summed E-state index contributed by atoms with van der Waals surface area (Å²) in [4.78, 5) is 6.58. The van der Waals surface area contributed by atoms with Gasteiger partial charge in [0.25, 0.3) is 0 Å². The fourth-order valence-corrected chi connectivity index (χ4v) is 3.48. The van der Waals surface area contributed by atoms with E-state index in [0.29, 0.717) is 12.3 Å². The van der Waals surface area contributed by atoms with E-state index in [9.17, 15) is 5.11 Å². The van der Waals surface area contributed by atoms with Gasteiger partial charge in [0, 0.05) is 23.9 Å². The Hall–Kier alpha value is -0.930. The van der Waals surface area contributed by atoms with Crippen LogP contribution in [-0.2, 0) is 6.42 Å². The molecule has 1 aliphatic carbocycles. The van der Waals surface area contributed by atoms with E-state index in [2.05, 4.69) is 30.9 Å². The Morgan fingerprint density at radius 2 is 2.26 bits per heavy atom. The Labute approximate surface area is 116 Å². The van der Waals surface area contributed by atoms with E-state index in [0.717, 1.165) is 18.5 Å². The van der Waals surface area contributed by atoms with Crippen molar-refractivity contribution in [3.8, 4) is 0 Å². The molecule has 1 N–H and O–H groups in total. The zero-order valence-electron chi connectivity index (χ0n) is 12.3. The summed E-state index contributed by atoms with van der Waals surface area (Å²) in [6.45, 7) is 2.30. The fraction of sp³-hybridized carbons (Fsp3) is 0.688. The summed E-state index contributed by atoms with van der Waals surface area (Å²) in [6, 6.07) is 5.90. The normalized spacial score (nSPS) is 29.4. The third-order valence-electron chi connectivity index (χ3n) is 4.65. The van der Waals surface area contributed by atoms with Crippen molar-refractivity contribution < 1.29 is 5.11 Å². The number of rotatable bonds is 4. The number of hydrogen-bond donors (Lipinski definition) is 1. The standard InChI is InChI=1S/C16H26N2O/c1-13-7-6-9-16(12-13,18(2)3)15(19)11-14-8-4-5-10-17-14/h4-5,8,10,13,15,19H,6-7,9,11-12H2,1-3H3. The number of aromatic nitrogens is 1. The minimum absolute atomic E-state index is 0.0881.